The fourth-order valence-corrected chi connectivity index (χ4v) is 19.3. The van der Waals surface area contributed by atoms with Crippen molar-refractivity contribution >= 4 is 131 Å². The van der Waals surface area contributed by atoms with Crippen LogP contribution in [0.5, 0.6) is 0 Å². The highest BCUT2D eigenvalue weighted by Crippen LogP contribution is 2.55. The highest BCUT2D eigenvalue weighted by atomic mass is 127. The summed E-state index contributed by atoms with van der Waals surface area (Å²) in [5.41, 5.74) is 10.7. The first-order valence-electron chi connectivity index (χ1n) is 42.7. The second-order valence-electron chi connectivity index (χ2n) is 39.7. The quantitative estimate of drug-likeness (QED) is 0.0226. The number of halogens is 6. The molecule has 0 spiro atoms. The summed E-state index contributed by atoms with van der Waals surface area (Å²) in [6, 6.07) is 20.0. The molecule has 4 aromatic rings. The van der Waals surface area contributed by atoms with Gasteiger partial charge in [0.05, 0.1) is 48.5 Å². The van der Waals surface area contributed by atoms with Gasteiger partial charge in [-0.3, -0.25) is 0 Å². The lowest BCUT2D eigenvalue weighted by Gasteiger charge is -2.34. The molecule has 29 heteroatoms. The molecule has 0 radical (unpaired) electrons. The predicted octanol–water partition coefficient (Wildman–Crippen LogP) is 20.4. The second-order valence-corrected chi connectivity index (χ2v) is 41.7. The Kier molecular flexibility index (Phi) is 27.6. The van der Waals surface area contributed by atoms with Crippen LogP contribution < -0.4 is 0 Å². The lowest BCUT2D eigenvalue weighted by Crippen LogP contribution is -2.52. The normalized spacial score (nSPS) is 21.7. The van der Waals surface area contributed by atoms with Gasteiger partial charge >= 0.3 is 59.0 Å². The van der Waals surface area contributed by atoms with E-state index < -0.39 is 92.6 Å². The molecule has 2 aromatic carbocycles. The van der Waals surface area contributed by atoms with E-state index in [1.807, 2.05) is 158 Å². The van der Waals surface area contributed by atoms with Crippen molar-refractivity contribution in [1.82, 2.24) is 8.96 Å². The summed E-state index contributed by atoms with van der Waals surface area (Å²) < 4.78 is 131. The Morgan fingerprint density at radius 3 is 1.21 bits per heavy atom. The van der Waals surface area contributed by atoms with Gasteiger partial charge in [-0.2, -0.15) is 0 Å². The maximum atomic E-state index is 17.6. The third kappa shape index (κ3) is 20.2. The Labute approximate surface area is 742 Å². The fraction of sp³-hybridized carbons (Fsp3) is 0.543. The molecule has 650 valence electrons. The SMILES string of the molecule is C#CC(=O)OC(C)(C)C.CC(C)(C)OC(=O)/C=C/B1OC(C)(C)C(C)(C)O1.CC(C)(C)OC(=O)/C=C/C1=[N+]2C(=C(c3ccccc3)c3c4c(c(/C=C/C(=O)OC(C)(C)C)n3[B-]2(F)F)CCCC4)C2=C1CCCC2.CC1(C)OB(B2OC(C)(C)C(C)(C)O2)OC1(C)C.F[B-]1(F)n2c(I)c3c(c2C(c2ccccc2)=C2C4=C(CCCC4)C(I)=[N+]21)CCCC3. The van der Waals surface area contributed by atoms with E-state index in [0.717, 1.165) is 163 Å². The molecule has 7 aliphatic heterocycles. The van der Waals surface area contributed by atoms with E-state index in [0.29, 0.717) is 48.5 Å². The van der Waals surface area contributed by atoms with Gasteiger partial charge in [-0.1, -0.05) is 60.7 Å². The molecule has 2 aromatic heterocycles. The van der Waals surface area contributed by atoms with Crippen LogP contribution in [0.1, 0.15) is 294 Å². The summed E-state index contributed by atoms with van der Waals surface area (Å²) in [5, 5.41) is 0. The monoisotopic (exact) mass is 1890 g/mol. The largest absolute Gasteiger partial charge is 0.738 e. The van der Waals surface area contributed by atoms with Gasteiger partial charge in [0.15, 0.2) is 20.8 Å². The summed E-state index contributed by atoms with van der Waals surface area (Å²) in [6.07, 6.45) is 25.9. The highest BCUT2D eigenvalue weighted by molar-refractivity contribution is 14.1. The fourth-order valence-electron chi connectivity index (χ4n) is 16.9. The van der Waals surface area contributed by atoms with Crippen LogP contribution in [0.2, 0.25) is 0 Å². The van der Waals surface area contributed by atoms with Gasteiger partial charge in [-0.25, -0.2) is 19.2 Å². The van der Waals surface area contributed by atoms with Gasteiger partial charge in [0.1, 0.15) is 22.4 Å². The number of ether oxygens (including phenoxy) is 4. The van der Waals surface area contributed by atoms with Crippen molar-refractivity contribution in [3.8, 4) is 12.3 Å². The molecular weight excluding hydrogens is 1770 g/mol. The number of hydrogen-bond acceptors (Lipinski definition) is 14. The molecular formula is C92H121B5F4I2N4O14. The van der Waals surface area contributed by atoms with Gasteiger partial charge in [0, 0.05) is 92.2 Å². The maximum absolute atomic E-state index is 17.6. The van der Waals surface area contributed by atoms with Crippen LogP contribution in [-0.4, -0.2) is 142 Å². The molecule has 0 N–H and O–H groups in total. The molecule has 15 rings (SSSR count). The molecule has 0 amide bonds. The smallest absolute Gasteiger partial charge is 0.457 e. The predicted molar refractivity (Wildman–Crippen MR) is 490 cm³/mol. The van der Waals surface area contributed by atoms with Crippen molar-refractivity contribution in [2.24, 2.45) is 0 Å². The van der Waals surface area contributed by atoms with Crippen molar-refractivity contribution in [1.29, 1.82) is 0 Å². The molecule has 3 saturated heterocycles. The van der Waals surface area contributed by atoms with Crippen LogP contribution >= 0.6 is 45.2 Å². The van der Waals surface area contributed by atoms with Gasteiger partial charge in [0.25, 0.3) is 0 Å². The van der Waals surface area contributed by atoms with Gasteiger partial charge in [0.2, 0.25) is 0 Å². The first kappa shape index (κ1) is 94.9. The van der Waals surface area contributed by atoms with E-state index >= 15 is 17.3 Å². The number of fused-ring (bicyclic) bond motifs is 10. The number of rotatable bonds is 9. The van der Waals surface area contributed by atoms with Crippen molar-refractivity contribution in [2.75, 3.05) is 0 Å². The Morgan fingerprint density at radius 2 is 0.785 bits per heavy atom. The molecule has 0 unspecified atom stereocenters. The number of esters is 4. The molecule has 18 nitrogen and oxygen atoms in total. The number of allylic oxidation sites excluding steroid dienone is 5. The number of aromatic nitrogens is 2. The molecule has 3 fully saturated rings. The molecule has 121 heavy (non-hydrogen) atoms. The Bertz CT molecular complexity index is 4990. The third-order valence-corrected chi connectivity index (χ3v) is 26.6. The molecule has 9 heterocycles. The number of hydrogen-bond donors (Lipinski definition) is 0. The number of carbonyl (C=O) groups is 4. The average Bonchev–Trinajstić information content (AvgIpc) is 1.53. The minimum atomic E-state index is -4.45. The summed E-state index contributed by atoms with van der Waals surface area (Å²) in [4.78, 5) is 47.5. The first-order chi connectivity index (χ1) is 56.0. The Hall–Kier alpha value is -6.78. The summed E-state index contributed by atoms with van der Waals surface area (Å²) in [7, 11) is -1.46. The molecule has 11 aliphatic rings. The van der Waals surface area contributed by atoms with Gasteiger partial charge < -0.3 is 82.1 Å². The number of terminal acetylenes is 1. The van der Waals surface area contributed by atoms with E-state index in [1.165, 1.54) is 48.3 Å². The maximum Gasteiger partial charge on any atom is 0.738 e. The minimum absolute atomic E-state index is 0.341. The van der Waals surface area contributed by atoms with E-state index in [9.17, 15) is 19.2 Å². The number of nitrogens with zero attached hydrogens (tertiary/aromatic N) is 4. The van der Waals surface area contributed by atoms with Crippen LogP contribution in [-0.2, 0) is 91.7 Å². The van der Waals surface area contributed by atoms with Gasteiger partial charge in [-0.05, 0) is 337 Å². The first-order valence-corrected chi connectivity index (χ1v) is 44.9. The van der Waals surface area contributed by atoms with Crippen LogP contribution in [0.4, 0.5) is 17.3 Å². The van der Waals surface area contributed by atoms with Crippen LogP contribution in [0, 0.1) is 16.0 Å². The molecule has 4 aliphatic carbocycles. The van der Waals surface area contributed by atoms with E-state index in [2.05, 4.69) is 57.3 Å². The van der Waals surface area contributed by atoms with Crippen LogP contribution in [0.15, 0.2) is 125 Å². The van der Waals surface area contributed by atoms with Crippen LogP contribution in [0.25, 0.3) is 17.2 Å². The van der Waals surface area contributed by atoms with Crippen molar-refractivity contribution in [3.63, 3.8) is 0 Å². The number of carbonyl (C=O) groups excluding carboxylic acids is 4. The van der Waals surface area contributed by atoms with Crippen LogP contribution in [0.3, 0.4) is 0 Å². The van der Waals surface area contributed by atoms with E-state index in [4.69, 9.17) is 53.3 Å². The summed E-state index contributed by atoms with van der Waals surface area (Å²) >= 11 is 4.37. The number of benzene rings is 2. The summed E-state index contributed by atoms with van der Waals surface area (Å²) in [5.74, 6) is 1.29. The Morgan fingerprint density at radius 1 is 0.446 bits per heavy atom. The van der Waals surface area contributed by atoms with E-state index in [-0.39, 0.29) is 22.4 Å². The van der Waals surface area contributed by atoms with Gasteiger partial charge in [-0.15, -0.1) is 6.42 Å². The summed E-state index contributed by atoms with van der Waals surface area (Å²) in [6.45, 7) is 37.2. The lowest BCUT2D eigenvalue weighted by atomic mass is 9.49. The molecule has 0 bridgehead atoms. The average molecular weight is 1890 g/mol. The zero-order valence-corrected chi connectivity index (χ0v) is 79.6. The van der Waals surface area contributed by atoms with Crippen molar-refractivity contribution in [3.05, 3.63) is 179 Å². The lowest BCUT2D eigenvalue weighted by molar-refractivity contribution is -0.362. The molecule has 0 saturated carbocycles. The van der Waals surface area contributed by atoms with Crippen molar-refractivity contribution < 1.29 is 92.3 Å². The van der Waals surface area contributed by atoms with E-state index in [1.54, 1.807) is 68.3 Å². The zero-order chi connectivity index (χ0) is 89.3. The minimum Gasteiger partial charge on any atom is -0.457 e. The second kappa shape index (κ2) is 35.2. The van der Waals surface area contributed by atoms with Crippen molar-refractivity contribution in [2.45, 2.75) is 325 Å². The highest BCUT2D eigenvalue weighted by Gasteiger charge is 2.65. The third-order valence-electron chi connectivity index (χ3n) is 24.3. The molecule has 0 atom stereocenters. The zero-order valence-electron chi connectivity index (χ0n) is 75.3. The standard InChI is InChI=1S/C37H43BF2N2O4.C23H21BF2I2N2.C13H23BO4.C12H24B2O4.C7H10O2/c1-36(2,3)45-31(43)22-20-29-25-16-10-12-18-27(25)34-33(24-14-8-7-9-15-24)35-28-19-13-11-17-26(28)30(42(35)38(39,40)41(29)34)21-23-32(44)46-37(4,5)6;25-24(26)29-20(15-10-4-6-12-17(15)22(29)27)19(14-8-2-1-3-9-14)21-16-11-5-7-13-18(16)23(28)30(21)24;1-11(2,3)16-10(15)8-9-14-17-12(4,5)13(6,7)18-14;1-9(2)10(3,4)16-13(15-9)14-17-11(5,6)12(7,8)18-14;1-5-6(8)9-7(2,3)4/h7-9,14-15,20-23H,10-13,16-19H2,1-6H3;1-3,8-9H,4-7,10-13H2;8-9H,1-7H3;1-8H3;1H,2-4H3/b22-20+,23-21+;;9-8+;;. The topological polar surface area (TPSA) is 176 Å². The Balaban J connectivity index is 0.000000163.